The van der Waals surface area contributed by atoms with E-state index in [1.807, 2.05) is 0 Å². The third-order valence-electron chi connectivity index (χ3n) is 3.38. The maximum atomic E-state index is 12.5. The van der Waals surface area contributed by atoms with Crippen molar-refractivity contribution in [1.82, 2.24) is 4.31 Å². The van der Waals surface area contributed by atoms with E-state index >= 15 is 0 Å². The standard InChI is InChI=1S/C13H18ClNO3S/c1-10-4-3-7-15(9-10)19(16,17)11-5-6-12(14)13(8-11)18-2/h5-6,8,10H,3-4,7,9H2,1-2H3/t10-/m1/s1. The summed E-state index contributed by atoms with van der Waals surface area (Å²) in [6.45, 7) is 3.23. The summed E-state index contributed by atoms with van der Waals surface area (Å²) < 4.78 is 31.7. The van der Waals surface area contributed by atoms with E-state index in [1.54, 1.807) is 10.4 Å². The summed E-state index contributed by atoms with van der Waals surface area (Å²) in [5.41, 5.74) is 0. The highest BCUT2D eigenvalue weighted by atomic mass is 35.5. The van der Waals surface area contributed by atoms with E-state index in [0.717, 1.165) is 12.8 Å². The van der Waals surface area contributed by atoms with Crippen molar-refractivity contribution < 1.29 is 13.2 Å². The van der Waals surface area contributed by atoms with E-state index in [-0.39, 0.29) is 4.90 Å². The first kappa shape index (κ1) is 14.6. The topological polar surface area (TPSA) is 46.6 Å². The van der Waals surface area contributed by atoms with Gasteiger partial charge < -0.3 is 4.74 Å². The van der Waals surface area contributed by atoms with Gasteiger partial charge in [-0.1, -0.05) is 18.5 Å². The van der Waals surface area contributed by atoms with Gasteiger partial charge >= 0.3 is 0 Å². The molecule has 0 aromatic heterocycles. The molecule has 0 radical (unpaired) electrons. The van der Waals surface area contributed by atoms with Crippen LogP contribution in [0.15, 0.2) is 23.1 Å². The average molecular weight is 304 g/mol. The quantitative estimate of drug-likeness (QED) is 0.862. The third kappa shape index (κ3) is 3.04. The molecule has 0 N–H and O–H groups in total. The van der Waals surface area contributed by atoms with E-state index in [4.69, 9.17) is 16.3 Å². The Bertz CT molecular complexity index is 559. The van der Waals surface area contributed by atoms with Crippen molar-refractivity contribution in [2.75, 3.05) is 20.2 Å². The zero-order chi connectivity index (χ0) is 14.0. The number of ether oxygens (including phenoxy) is 1. The lowest BCUT2D eigenvalue weighted by Crippen LogP contribution is -2.39. The molecule has 1 atom stereocenters. The molecule has 1 aliphatic heterocycles. The molecule has 0 unspecified atom stereocenters. The van der Waals surface area contributed by atoms with Crippen molar-refractivity contribution in [3.8, 4) is 5.75 Å². The van der Waals surface area contributed by atoms with Crippen LogP contribution in [-0.2, 0) is 10.0 Å². The minimum absolute atomic E-state index is 0.239. The lowest BCUT2D eigenvalue weighted by Gasteiger charge is -2.30. The van der Waals surface area contributed by atoms with Crippen LogP contribution in [0.3, 0.4) is 0 Å². The summed E-state index contributed by atoms with van der Waals surface area (Å²) in [5.74, 6) is 0.783. The average Bonchev–Trinajstić information content (AvgIpc) is 2.39. The number of rotatable bonds is 3. The summed E-state index contributed by atoms with van der Waals surface area (Å²) in [5, 5.41) is 0.411. The van der Waals surface area contributed by atoms with Gasteiger partial charge in [-0.15, -0.1) is 0 Å². The molecule has 1 saturated heterocycles. The predicted octanol–water partition coefficient (Wildman–Crippen LogP) is 2.77. The fourth-order valence-electron chi connectivity index (χ4n) is 2.31. The van der Waals surface area contributed by atoms with Gasteiger partial charge in [0, 0.05) is 19.2 Å². The molecule has 2 rings (SSSR count). The van der Waals surface area contributed by atoms with Crippen molar-refractivity contribution in [1.29, 1.82) is 0 Å². The molecule has 1 heterocycles. The van der Waals surface area contributed by atoms with Crippen LogP contribution in [0.4, 0.5) is 0 Å². The number of halogens is 1. The van der Waals surface area contributed by atoms with Gasteiger partial charge in [-0.05, 0) is 30.9 Å². The molecule has 1 aromatic rings. The van der Waals surface area contributed by atoms with Crippen LogP contribution in [0.5, 0.6) is 5.75 Å². The number of piperidine rings is 1. The molecule has 0 spiro atoms. The van der Waals surface area contributed by atoms with Crippen molar-refractivity contribution in [3.63, 3.8) is 0 Å². The highest BCUT2D eigenvalue weighted by Gasteiger charge is 2.29. The summed E-state index contributed by atoms with van der Waals surface area (Å²) >= 11 is 5.92. The summed E-state index contributed by atoms with van der Waals surface area (Å²) in [6, 6.07) is 4.57. The van der Waals surface area contributed by atoms with Crippen LogP contribution in [0.2, 0.25) is 5.02 Å². The Morgan fingerprint density at radius 3 is 2.79 bits per heavy atom. The lowest BCUT2D eigenvalue weighted by atomic mass is 10.0. The Morgan fingerprint density at radius 1 is 1.42 bits per heavy atom. The second kappa shape index (κ2) is 5.69. The van der Waals surface area contributed by atoms with Crippen LogP contribution < -0.4 is 4.74 Å². The van der Waals surface area contributed by atoms with Crippen LogP contribution in [0.1, 0.15) is 19.8 Å². The van der Waals surface area contributed by atoms with Crippen LogP contribution in [-0.4, -0.2) is 32.9 Å². The highest BCUT2D eigenvalue weighted by molar-refractivity contribution is 7.89. The molecule has 0 saturated carbocycles. The van der Waals surface area contributed by atoms with E-state index in [0.29, 0.717) is 29.8 Å². The first-order chi connectivity index (χ1) is 8.95. The predicted molar refractivity (Wildman–Crippen MR) is 75.2 cm³/mol. The van der Waals surface area contributed by atoms with Crippen LogP contribution >= 0.6 is 11.6 Å². The molecule has 0 amide bonds. The second-order valence-electron chi connectivity index (χ2n) is 4.91. The maximum Gasteiger partial charge on any atom is 0.243 e. The molecule has 1 aliphatic rings. The van der Waals surface area contributed by atoms with Gasteiger partial charge in [0.25, 0.3) is 0 Å². The highest BCUT2D eigenvalue weighted by Crippen LogP contribution is 2.30. The lowest BCUT2D eigenvalue weighted by molar-refractivity contribution is 0.281. The number of benzene rings is 1. The van der Waals surface area contributed by atoms with Gasteiger partial charge in [0.15, 0.2) is 0 Å². The molecular formula is C13H18ClNO3S. The maximum absolute atomic E-state index is 12.5. The van der Waals surface area contributed by atoms with E-state index in [1.165, 1.54) is 19.2 Å². The largest absolute Gasteiger partial charge is 0.495 e. The zero-order valence-electron chi connectivity index (χ0n) is 11.1. The first-order valence-corrected chi connectivity index (χ1v) is 8.10. The Labute approximate surface area is 119 Å². The van der Waals surface area contributed by atoms with Crippen molar-refractivity contribution in [2.24, 2.45) is 5.92 Å². The van der Waals surface area contributed by atoms with Crippen molar-refractivity contribution >= 4 is 21.6 Å². The fourth-order valence-corrected chi connectivity index (χ4v) is 4.12. The zero-order valence-corrected chi connectivity index (χ0v) is 12.7. The van der Waals surface area contributed by atoms with Gasteiger partial charge in [0.2, 0.25) is 10.0 Å². The van der Waals surface area contributed by atoms with Crippen LogP contribution in [0.25, 0.3) is 0 Å². The van der Waals surface area contributed by atoms with Crippen molar-refractivity contribution in [2.45, 2.75) is 24.7 Å². The molecule has 19 heavy (non-hydrogen) atoms. The summed E-state index contributed by atoms with van der Waals surface area (Å²) in [6.07, 6.45) is 1.99. The molecule has 0 aliphatic carbocycles. The normalized spacial score (nSPS) is 21.3. The Hall–Kier alpha value is -0.780. The Balaban J connectivity index is 2.33. The summed E-state index contributed by atoms with van der Waals surface area (Å²) in [4.78, 5) is 0.239. The number of methoxy groups -OCH3 is 1. The Kier molecular flexibility index (Phi) is 4.38. The Morgan fingerprint density at radius 2 is 2.16 bits per heavy atom. The number of nitrogens with zero attached hydrogens (tertiary/aromatic N) is 1. The van der Waals surface area contributed by atoms with Gasteiger partial charge in [0.1, 0.15) is 5.75 Å². The van der Waals surface area contributed by atoms with Gasteiger partial charge in [-0.2, -0.15) is 4.31 Å². The van der Waals surface area contributed by atoms with Crippen molar-refractivity contribution in [3.05, 3.63) is 23.2 Å². The van der Waals surface area contributed by atoms with Gasteiger partial charge in [-0.3, -0.25) is 0 Å². The van der Waals surface area contributed by atoms with E-state index in [2.05, 4.69) is 6.92 Å². The number of sulfonamides is 1. The summed E-state index contributed by atoms with van der Waals surface area (Å²) in [7, 11) is -1.98. The monoisotopic (exact) mass is 303 g/mol. The van der Waals surface area contributed by atoms with Crippen LogP contribution in [0, 0.1) is 5.92 Å². The van der Waals surface area contributed by atoms with Gasteiger partial charge in [-0.25, -0.2) is 8.42 Å². The molecule has 4 nitrogen and oxygen atoms in total. The van der Waals surface area contributed by atoms with Gasteiger partial charge in [0.05, 0.1) is 17.0 Å². The molecule has 6 heteroatoms. The van der Waals surface area contributed by atoms with E-state index < -0.39 is 10.0 Å². The fraction of sp³-hybridized carbons (Fsp3) is 0.538. The van der Waals surface area contributed by atoms with E-state index in [9.17, 15) is 8.42 Å². The SMILES string of the molecule is COc1cc(S(=O)(=O)N2CCC[C@@H](C)C2)ccc1Cl. The number of hydrogen-bond acceptors (Lipinski definition) is 3. The minimum Gasteiger partial charge on any atom is -0.495 e. The molecular weight excluding hydrogens is 286 g/mol. The second-order valence-corrected chi connectivity index (χ2v) is 7.25. The smallest absolute Gasteiger partial charge is 0.243 e. The third-order valence-corrected chi connectivity index (χ3v) is 5.55. The first-order valence-electron chi connectivity index (χ1n) is 6.29. The molecule has 1 fully saturated rings. The minimum atomic E-state index is -3.45. The number of hydrogen-bond donors (Lipinski definition) is 0. The molecule has 0 bridgehead atoms. The molecule has 1 aromatic carbocycles. The molecule has 106 valence electrons.